The minimum absolute atomic E-state index is 0.137. The normalized spacial score (nSPS) is 29.4. The number of hydrogen-bond acceptors (Lipinski definition) is 3. The Bertz CT molecular complexity index is 308. The molecule has 2 amide bonds. The van der Waals surface area contributed by atoms with E-state index in [1.807, 2.05) is 0 Å². The third kappa shape index (κ3) is 4.52. The van der Waals surface area contributed by atoms with Gasteiger partial charge in [-0.3, -0.25) is 0 Å². The number of hydrogen-bond donors (Lipinski definition) is 4. The standard InChI is InChI=1S/C12H22N2O4/c1-7-3-4-9(5-8(7)2)14-12(18)13-6-10(15)11(16)17/h7-10,15H,3-6H2,1-2H3,(H,16,17)(H2,13,14,18). The Morgan fingerprint density at radius 1 is 1.28 bits per heavy atom. The molecule has 4 unspecified atom stereocenters. The van der Waals surface area contributed by atoms with E-state index in [1.165, 1.54) is 0 Å². The Morgan fingerprint density at radius 3 is 2.50 bits per heavy atom. The van der Waals surface area contributed by atoms with Gasteiger partial charge in [0.15, 0.2) is 6.10 Å². The molecule has 4 atom stereocenters. The van der Waals surface area contributed by atoms with Gasteiger partial charge in [-0.15, -0.1) is 0 Å². The number of aliphatic hydroxyl groups excluding tert-OH is 1. The molecular formula is C12H22N2O4. The zero-order valence-electron chi connectivity index (χ0n) is 10.8. The van der Waals surface area contributed by atoms with Crippen LogP contribution in [0, 0.1) is 11.8 Å². The van der Waals surface area contributed by atoms with Crippen LogP contribution in [0.15, 0.2) is 0 Å². The number of rotatable bonds is 4. The molecule has 0 bridgehead atoms. The topological polar surface area (TPSA) is 98.7 Å². The van der Waals surface area contributed by atoms with Crippen LogP contribution in [-0.2, 0) is 4.79 Å². The highest BCUT2D eigenvalue weighted by atomic mass is 16.4. The first-order valence-corrected chi connectivity index (χ1v) is 6.35. The van der Waals surface area contributed by atoms with Crippen LogP contribution < -0.4 is 10.6 Å². The molecule has 1 aliphatic rings. The highest BCUT2D eigenvalue weighted by Gasteiger charge is 2.25. The van der Waals surface area contributed by atoms with E-state index in [1.54, 1.807) is 0 Å². The second kappa shape index (κ2) is 6.58. The van der Waals surface area contributed by atoms with Crippen LogP contribution in [0.3, 0.4) is 0 Å². The minimum atomic E-state index is -1.55. The van der Waals surface area contributed by atoms with Gasteiger partial charge in [0, 0.05) is 6.04 Å². The van der Waals surface area contributed by atoms with Crippen LogP contribution in [-0.4, -0.2) is 40.9 Å². The predicted octanol–water partition coefficient (Wildman–Crippen LogP) is 0.556. The number of carbonyl (C=O) groups excluding carboxylic acids is 1. The molecule has 0 aromatic carbocycles. The van der Waals surface area contributed by atoms with Crippen molar-refractivity contribution in [3.8, 4) is 0 Å². The predicted molar refractivity (Wildman–Crippen MR) is 66.1 cm³/mol. The van der Waals surface area contributed by atoms with Crippen molar-refractivity contribution in [1.82, 2.24) is 10.6 Å². The number of urea groups is 1. The van der Waals surface area contributed by atoms with Crippen LogP contribution in [0.1, 0.15) is 33.1 Å². The van der Waals surface area contributed by atoms with Gasteiger partial charge in [0.25, 0.3) is 0 Å². The van der Waals surface area contributed by atoms with Crippen molar-refractivity contribution in [1.29, 1.82) is 0 Å². The van der Waals surface area contributed by atoms with Crippen LogP contribution in [0.4, 0.5) is 4.79 Å². The number of carboxylic acid groups (broad SMARTS) is 1. The summed E-state index contributed by atoms with van der Waals surface area (Å²) in [5.74, 6) is -0.0796. The lowest BCUT2D eigenvalue weighted by Crippen LogP contribution is -2.47. The van der Waals surface area contributed by atoms with Gasteiger partial charge in [0.2, 0.25) is 0 Å². The summed E-state index contributed by atoms with van der Waals surface area (Å²) in [5, 5.41) is 22.6. The van der Waals surface area contributed by atoms with E-state index in [0.29, 0.717) is 11.8 Å². The highest BCUT2D eigenvalue weighted by molar-refractivity contribution is 5.76. The molecular weight excluding hydrogens is 236 g/mol. The van der Waals surface area contributed by atoms with Crippen molar-refractivity contribution >= 4 is 12.0 Å². The summed E-state index contributed by atoms with van der Waals surface area (Å²) >= 11 is 0. The third-order valence-corrected chi connectivity index (χ3v) is 3.67. The molecule has 0 saturated heterocycles. The van der Waals surface area contributed by atoms with Gasteiger partial charge in [-0.1, -0.05) is 13.8 Å². The molecule has 18 heavy (non-hydrogen) atoms. The quantitative estimate of drug-likeness (QED) is 0.592. The van der Waals surface area contributed by atoms with Crippen LogP contribution >= 0.6 is 0 Å². The van der Waals surface area contributed by atoms with Crippen LogP contribution in [0.2, 0.25) is 0 Å². The van der Waals surface area contributed by atoms with Gasteiger partial charge in [0.1, 0.15) is 0 Å². The average Bonchev–Trinajstić information content (AvgIpc) is 2.30. The van der Waals surface area contributed by atoms with Crippen LogP contribution in [0.25, 0.3) is 0 Å². The molecule has 0 spiro atoms. The number of aliphatic carboxylic acids is 1. The van der Waals surface area contributed by atoms with Crippen molar-refractivity contribution in [2.45, 2.75) is 45.3 Å². The molecule has 1 fully saturated rings. The zero-order valence-corrected chi connectivity index (χ0v) is 10.8. The fourth-order valence-electron chi connectivity index (χ4n) is 2.19. The Kier molecular flexibility index (Phi) is 5.40. The minimum Gasteiger partial charge on any atom is -0.479 e. The monoisotopic (exact) mass is 258 g/mol. The van der Waals surface area contributed by atoms with Gasteiger partial charge in [-0.05, 0) is 31.1 Å². The van der Waals surface area contributed by atoms with E-state index in [-0.39, 0.29) is 12.6 Å². The molecule has 104 valence electrons. The maximum absolute atomic E-state index is 11.5. The van der Waals surface area contributed by atoms with E-state index in [9.17, 15) is 9.59 Å². The molecule has 4 N–H and O–H groups in total. The number of carboxylic acids is 1. The van der Waals surface area contributed by atoms with Crippen molar-refractivity contribution in [3.63, 3.8) is 0 Å². The molecule has 6 nitrogen and oxygen atoms in total. The molecule has 1 saturated carbocycles. The van der Waals surface area contributed by atoms with Crippen molar-refractivity contribution < 1.29 is 19.8 Å². The smallest absolute Gasteiger partial charge is 0.334 e. The van der Waals surface area contributed by atoms with Crippen molar-refractivity contribution in [2.75, 3.05) is 6.54 Å². The summed E-state index contributed by atoms with van der Waals surface area (Å²) in [6.45, 7) is 4.11. The van der Waals surface area contributed by atoms with Gasteiger partial charge in [-0.2, -0.15) is 0 Å². The average molecular weight is 258 g/mol. The van der Waals surface area contributed by atoms with E-state index < -0.39 is 18.1 Å². The molecule has 0 radical (unpaired) electrons. The number of amides is 2. The molecule has 6 heteroatoms. The summed E-state index contributed by atoms with van der Waals surface area (Å²) in [7, 11) is 0. The second-order valence-corrected chi connectivity index (χ2v) is 5.17. The lowest BCUT2D eigenvalue weighted by atomic mass is 9.79. The van der Waals surface area contributed by atoms with Gasteiger partial charge >= 0.3 is 12.0 Å². The second-order valence-electron chi connectivity index (χ2n) is 5.17. The summed E-state index contributed by atoms with van der Waals surface area (Å²) in [6, 6.07) is -0.278. The zero-order chi connectivity index (χ0) is 13.7. The van der Waals surface area contributed by atoms with E-state index in [2.05, 4.69) is 24.5 Å². The number of carbonyl (C=O) groups is 2. The molecule has 1 rings (SSSR count). The Morgan fingerprint density at radius 2 is 1.94 bits per heavy atom. The lowest BCUT2D eigenvalue weighted by Gasteiger charge is -2.32. The fourth-order valence-corrected chi connectivity index (χ4v) is 2.19. The largest absolute Gasteiger partial charge is 0.479 e. The highest BCUT2D eigenvalue weighted by Crippen LogP contribution is 2.29. The SMILES string of the molecule is CC1CCC(NC(=O)NCC(O)C(=O)O)CC1C. The maximum atomic E-state index is 11.5. The Hall–Kier alpha value is -1.30. The fraction of sp³-hybridized carbons (Fsp3) is 0.833. The Balaban J connectivity index is 2.26. The summed E-state index contributed by atoms with van der Waals surface area (Å²) < 4.78 is 0. The lowest BCUT2D eigenvalue weighted by molar-refractivity contribution is -0.146. The third-order valence-electron chi connectivity index (χ3n) is 3.67. The van der Waals surface area contributed by atoms with E-state index in [0.717, 1.165) is 19.3 Å². The van der Waals surface area contributed by atoms with Gasteiger partial charge in [0.05, 0.1) is 6.54 Å². The molecule has 0 aliphatic heterocycles. The number of nitrogens with one attached hydrogen (secondary N) is 2. The van der Waals surface area contributed by atoms with Crippen LogP contribution in [0.5, 0.6) is 0 Å². The van der Waals surface area contributed by atoms with Gasteiger partial charge < -0.3 is 20.8 Å². The first-order valence-electron chi connectivity index (χ1n) is 6.35. The molecule has 0 aromatic heterocycles. The first-order chi connectivity index (χ1) is 8.40. The summed E-state index contributed by atoms with van der Waals surface area (Å²) in [6.07, 6.45) is 1.42. The van der Waals surface area contributed by atoms with Gasteiger partial charge in [-0.25, -0.2) is 9.59 Å². The van der Waals surface area contributed by atoms with Crippen molar-refractivity contribution in [2.24, 2.45) is 11.8 Å². The molecule has 0 heterocycles. The molecule has 1 aliphatic carbocycles. The molecule has 0 aromatic rings. The maximum Gasteiger partial charge on any atom is 0.334 e. The Labute approximate surface area is 107 Å². The van der Waals surface area contributed by atoms with E-state index >= 15 is 0 Å². The van der Waals surface area contributed by atoms with E-state index in [4.69, 9.17) is 10.2 Å². The van der Waals surface area contributed by atoms with Crippen molar-refractivity contribution in [3.05, 3.63) is 0 Å². The summed E-state index contributed by atoms with van der Waals surface area (Å²) in [5.41, 5.74) is 0. The number of aliphatic hydroxyl groups is 1. The summed E-state index contributed by atoms with van der Waals surface area (Å²) in [4.78, 5) is 21.9. The first kappa shape index (κ1) is 14.8.